The zero-order valence-electron chi connectivity index (χ0n) is 27.4. The van der Waals surface area contributed by atoms with Gasteiger partial charge in [-0.2, -0.15) is 26.3 Å². The lowest BCUT2D eigenvalue weighted by atomic mass is 9.57. The molecular formula is C37H33BBrF6NO5. The topological polar surface area (TPSA) is 87.1 Å². The number of imide groups is 1. The van der Waals surface area contributed by atoms with E-state index < -0.39 is 72.0 Å². The Balaban J connectivity index is 1.37. The van der Waals surface area contributed by atoms with Gasteiger partial charge in [-0.25, -0.2) is 4.90 Å². The molecule has 268 valence electrons. The summed E-state index contributed by atoms with van der Waals surface area (Å²) in [6.45, 7) is 3.79. The third kappa shape index (κ3) is 7.41. The first-order valence-corrected chi connectivity index (χ1v) is 17.2. The van der Waals surface area contributed by atoms with Crippen LogP contribution in [0.3, 0.4) is 0 Å². The Bertz CT molecular complexity index is 1880. The van der Waals surface area contributed by atoms with Crippen LogP contribution < -0.4 is 4.90 Å². The molecule has 14 heteroatoms. The molecule has 6 nitrogen and oxygen atoms in total. The summed E-state index contributed by atoms with van der Waals surface area (Å²) in [5.74, 6) is -4.80. The molecule has 3 aromatic rings. The smallest absolute Gasteiger partial charge is 0.455 e. The molecule has 3 aliphatic rings. The molecule has 0 aromatic heterocycles. The third-order valence-electron chi connectivity index (χ3n) is 9.91. The molecule has 0 bridgehead atoms. The van der Waals surface area contributed by atoms with Crippen LogP contribution in [0, 0.1) is 23.7 Å². The van der Waals surface area contributed by atoms with Crippen molar-refractivity contribution in [2.24, 2.45) is 23.7 Å². The second-order valence-electron chi connectivity index (χ2n) is 13.4. The fourth-order valence-corrected chi connectivity index (χ4v) is 8.02. The number of allylic oxidation sites excluding steroid dienone is 2. The van der Waals surface area contributed by atoms with Gasteiger partial charge >= 0.3 is 19.5 Å². The minimum absolute atomic E-state index is 0.0479. The quantitative estimate of drug-likeness (QED) is 0.0823. The minimum Gasteiger partial charge on any atom is -0.507 e. The van der Waals surface area contributed by atoms with Crippen molar-refractivity contribution in [1.82, 2.24) is 0 Å². The second kappa shape index (κ2) is 13.9. The van der Waals surface area contributed by atoms with E-state index in [9.17, 15) is 46.1 Å². The van der Waals surface area contributed by atoms with Crippen molar-refractivity contribution in [3.63, 3.8) is 0 Å². The summed E-state index contributed by atoms with van der Waals surface area (Å²) < 4.78 is 89.3. The number of phenolic OH excluding ortho intramolecular Hbond substituents is 1. The molecule has 3 aromatic carbocycles. The Morgan fingerprint density at radius 2 is 1.61 bits per heavy atom. The summed E-state index contributed by atoms with van der Waals surface area (Å²) in [7, 11) is -1.35. The van der Waals surface area contributed by atoms with E-state index in [1.54, 1.807) is 18.2 Å². The van der Waals surface area contributed by atoms with E-state index in [-0.39, 0.29) is 30.5 Å². The molecule has 51 heavy (non-hydrogen) atoms. The molecule has 6 rings (SSSR count). The van der Waals surface area contributed by atoms with Crippen molar-refractivity contribution in [1.29, 1.82) is 0 Å². The number of hydrogen-bond acceptors (Lipinski definition) is 5. The predicted octanol–water partition coefficient (Wildman–Crippen LogP) is 9.17. The first kappa shape index (κ1) is 36.9. The molecule has 0 radical (unpaired) electrons. The highest BCUT2D eigenvalue weighted by Crippen LogP contribution is 2.53. The van der Waals surface area contributed by atoms with Crippen molar-refractivity contribution < 1.29 is 50.7 Å². The minimum atomic E-state index is -5.17. The monoisotopic (exact) mass is 775 g/mol. The second-order valence-corrected chi connectivity index (χ2v) is 14.4. The van der Waals surface area contributed by atoms with Gasteiger partial charge in [0, 0.05) is 10.0 Å². The van der Waals surface area contributed by atoms with Gasteiger partial charge in [-0.15, -0.1) is 0 Å². The van der Waals surface area contributed by atoms with Gasteiger partial charge in [-0.05, 0) is 96.6 Å². The van der Waals surface area contributed by atoms with Crippen molar-refractivity contribution >= 4 is 52.2 Å². The highest BCUT2D eigenvalue weighted by molar-refractivity contribution is 9.10. The maximum Gasteiger partial charge on any atom is 0.455 e. The predicted molar refractivity (Wildman–Crippen MR) is 183 cm³/mol. The number of halogens is 7. The van der Waals surface area contributed by atoms with Crippen molar-refractivity contribution in [2.75, 3.05) is 4.90 Å². The van der Waals surface area contributed by atoms with E-state index in [4.69, 9.17) is 4.65 Å². The number of rotatable bonds is 7. The third-order valence-corrected chi connectivity index (χ3v) is 10.4. The molecule has 0 unspecified atom stereocenters. The summed E-state index contributed by atoms with van der Waals surface area (Å²) >= 11 is 3.43. The van der Waals surface area contributed by atoms with Gasteiger partial charge in [-0.1, -0.05) is 65.7 Å². The molecular weight excluding hydrogens is 743 g/mol. The van der Waals surface area contributed by atoms with Gasteiger partial charge in [0.2, 0.25) is 11.8 Å². The summed E-state index contributed by atoms with van der Waals surface area (Å²) in [6.07, 6.45) is -8.52. The Hall–Kier alpha value is -3.88. The van der Waals surface area contributed by atoms with Crippen LogP contribution in [0.4, 0.5) is 32.0 Å². The molecule has 2 fully saturated rings. The van der Waals surface area contributed by atoms with Gasteiger partial charge < -0.3 is 14.8 Å². The van der Waals surface area contributed by atoms with Crippen LogP contribution >= 0.6 is 15.9 Å². The largest absolute Gasteiger partial charge is 0.507 e. The summed E-state index contributed by atoms with van der Waals surface area (Å²) in [5.41, 5.74) is -0.271. The van der Waals surface area contributed by atoms with E-state index >= 15 is 0 Å². The average Bonchev–Trinajstić information content (AvgIpc) is 3.32. The first-order chi connectivity index (χ1) is 23.9. The molecule has 2 N–H and O–H groups in total. The van der Waals surface area contributed by atoms with Crippen LogP contribution in [-0.2, 0) is 26.6 Å². The number of alkyl halides is 6. The van der Waals surface area contributed by atoms with E-state index in [0.717, 1.165) is 26.8 Å². The van der Waals surface area contributed by atoms with Crippen LogP contribution in [0.5, 0.6) is 5.75 Å². The van der Waals surface area contributed by atoms with E-state index in [1.807, 2.05) is 50.3 Å². The number of hydrogen-bond donors (Lipinski definition) is 2. The fourth-order valence-electron chi connectivity index (χ4n) is 7.64. The fraction of sp³-hybridized carbons (Fsp3) is 0.351. The molecule has 2 heterocycles. The highest BCUT2D eigenvalue weighted by Gasteiger charge is 2.58. The number of fused-ring (bicyclic) bond motifs is 3. The summed E-state index contributed by atoms with van der Waals surface area (Å²) in [4.78, 5) is 28.4. The van der Waals surface area contributed by atoms with Gasteiger partial charge in [-0.3, -0.25) is 9.59 Å². The number of amides is 2. The number of nitrogens with zero attached hydrogens (tertiary/aromatic N) is 1. The first-order valence-electron chi connectivity index (χ1n) is 16.4. The maximum absolute atomic E-state index is 14.1. The van der Waals surface area contributed by atoms with Crippen molar-refractivity contribution in [2.45, 2.75) is 57.9 Å². The zero-order valence-corrected chi connectivity index (χ0v) is 29.0. The van der Waals surface area contributed by atoms with Crippen LogP contribution in [-0.4, -0.2) is 35.2 Å². The summed E-state index contributed by atoms with van der Waals surface area (Å²) in [6, 6.07) is 15.2. The number of carbonyl (C=O) groups excluding carboxylic acids is 2. The number of phenols is 1. The zero-order chi connectivity index (χ0) is 37.0. The SMILES string of the molecule is CC(C)C1=C2[C@@H](CC/C(=C/c3cc(Br)ccc3O)c3ccccc3)OB(O)C[C@@H]2[C@@H]2C(=O)N(c3cc(C(F)(F)F)cc(C(F)(F)F)c3)C(=O)[C@@H]2C1. The van der Waals surface area contributed by atoms with Crippen molar-refractivity contribution in [3.8, 4) is 5.75 Å². The van der Waals surface area contributed by atoms with E-state index in [1.165, 1.54) is 0 Å². The normalized spacial score (nSPS) is 22.9. The van der Waals surface area contributed by atoms with Crippen LogP contribution in [0.15, 0.2) is 82.3 Å². The molecule has 0 spiro atoms. The van der Waals surface area contributed by atoms with Gasteiger partial charge in [0.15, 0.2) is 0 Å². The number of benzene rings is 3. The number of anilines is 1. The molecule has 1 aliphatic carbocycles. The Kier molecular flexibility index (Phi) is 10.1. The van der Waals surface area contributed by atoms with Gasteiger partial charge in [0.1, 0.15) is 5.75 Å². The average molecular weight is 776 g/mol. The molecule has 0 saturated carbocycles. The number of aromatic hydroxyl groups is 1. The highest BCUT2D eigenvalue weighted by atomic mass is 79.9. The Morgan fingerprint density at radius 3 is 2.22 bits per heavy atom. The lowest BCUT2D eigenvalue weighted by Crippen LogP contribution is -2.46. The van der Waals surface area contributed by atoms with Crippen LogP contribution in [0.1, 0.15) is 55.4 Å². The molecule has 2 aliphatic heterocycles. The lowest BCUT2D eigenvalue weighted by molar-refractivity contribution is -0.143. The Morgan fingerprint density at radius 1 is 0.961 bits per heavy atom. The molecule has 4 atom stereocenters. The van der Waals surface area contributed by atoms with Crippen LogP contribution in [0.2, 0.25) is 6.32 Å². The van der Waals surface area contributed by atoms with Crippen molar-refractivity contribution in [3.05, 3.63) is 105 Å². The molecule has 2 amide bonds. The van der Waals surface area contributed by atoms with E-state index in [0.29, 0.717) is 35.4 Å². The number of carbonyl (C=O) groups is 2. The maximum atomic E-state index is 14.1. The summed E-state index contributed by atoms with van der Waals surface area (Å²) in [5, 5.41) is 21.6. The molecule has 2 saturated heterocycles. The standard InChI is InChI=1S/C37H33BBrF6NO5/c1-19(2)27-17-28-33(35(49)46(34(28)48)26-15-23(36(40,41)42)14-24(16-26)37(43,44)45)29-18-38(50)51-31(32(27)29)11-8-21(20-6-4-3-5-7-20)12-22-13-25(39)9-10-30(22)47/h3-7,9-10,12-16,19,28-29,31,33,47,50H,8,11,17-18H2,1-2H3/b21-12-/t28-,29+,31-,33-/m1/s1. The van der Waals surface area contributed by atoms with E-state index in [2.05, 4.69) is 15.9 Å². The van der Waals surface area contributed by atoms with Gasteiger partial charge in [0.05, 0.1) is 34.8 Å². The van der Waals surface area contributed by atoms with Crippen LogP contribution in [0.25, 0.3) is 11.6 Å². The van der Waals surface area contributed by atoms with Gasteiger partial charge in [0.25, 0.3) is 0 Å². The lowest BCUT2D eigenvalue weighted by Gasteiger charge is -2.44. The Labute approximate surface area is 299 Å².